The first-order valence-electron chi connectivity index (χ1n) is 5.90. The second kappa shape index (κ2) is 5.41. The van der Waals surface area contributed by atoms with Gasteiger partial charge in [0.1, 0.15) is 0 Å². The number of hydrogen-bond acceptors (Lipinski definition) is 2. The van der Waals surface area contributed by atoms with E-state index in [0.717, 1.165) is 12.0 Å². The van der Waals surface area contributed by atoms with Crippen molar-refractivity contribution in [3.63, 3.8) is 0 Å². The summed E-state index contributed by atoms with van der Waals surface area (Å²) in [4.78, 5) is 0. The van der Waals surface area contributed by atoms with Crippen molar-refractivity contribution in [2.45, 2.75) is 57.7 Å². The van der Waals surface area contributed by atoms with Gasteiger partial charge in [-0.3, -0.25) is 0 Å². The minimum Gasteiger partial charge on any atom is -0.313 e. The molecule has 14 heavy (non-hydrogen) atoms. The monoisotopic (exact) mass is 215 g/mol. The summed E-state index contributed by atoms with van der Waals surface area (Å²) in [6.45, 7) is 10.4. The van der Waals surface area contributed by atoms with Crippen molar-refractivity contribution < 1.29 is 0 Å². The summed E-state index contributed by atoms with van der Waals surface area (Å²) in [6.07, 6.45) is 4.15. The fourth-order valence-corrected chi connectivity index (χ4v) is 2.60. The Hall–Kier alpha value is 0.310. The van der Waals surface area contributed by atoms with Gasteiger partial charge in [-0.1, -0.05) is 27.7 Å². The molecule has 1 aliphatic rings. The third-order valence-corrected chi connectivity index (χ3v) is 3.94. The van der Waals surface area contributed by atoms with E-state index in [0.29, 0.717) is 4.75 Å². The van der Waals surface area contributed by atoms with Gasteiger partial charge in [-0.25, -0.2) is 0 Å². The highest BCUT2D eigenvalue weighted by Gasteiger charge is 2.31. The Labute approximate surface area is 93.4 Å². The molecule has 0 heterocycles. The SMILES string of the molecule is CCCNC(CSC(C)(C)C)C1CC1. The largest absolute Gasteiger partial charge is 0.313 e. The third-order valence-electron chi connectivity index (χ3n) is 2.54. The zero-order valence-electron chi connectivity index (χ0n) is 10.1. The molecule has 1 rings (SSSR count). The third kappa shape index (κ3) is 5.26. The molecule has 2 heteroatoms. The van der Waals surface area contributed by atoms with Gasteiger partial charge in [0.15, 0.2) is 0 Å². The topological polar surface area (TPSA) is 12.0 Å². The van der Waals surface area contributed by atoms with Crippen LogP contribution in [0.25, 0.3) is 0 Å². The zero-order valence-corrected chi connectivity index (χ0v) is 10.9. The minimum atomic E-state index is 0.418. The predicted octanol–water partition coefficient (Wildman–Crippen LogP) is 3.30. The molecule has 1 atom stereocenters. The van der Waals surface area contributed by atoms with Crippen LogP contribution in [0.5, 0.6) is 0 Å². The summed E-state index contributed by atoms with van der Waals surface area (Å²) in [7, 11) is 0. The molecular weight excluding hydrogens is 190 g/mol. The van der Waals surface area contributed by atoms with Crippen LogP contribution in [0, 0.1) is 5.92 Å². The molecule has 1 unspecified atom stereocenters. The van der Waals surface area contributed by atoms with Gasteiger partial charge >= 0.3 is 0 Å². The molecule has 84 valence electrons. The zero-order chi connectivity index (χ0) is 10.6. The Morgan fingerprint density at radius 1 is 1.36 bits per heavy atom. The van der Waals surface area contributed by atoms with Crippen LogP contribution < -0.4 is 5.32 Å². The van der Waals surface area contributed by atoms with Crippen molar-refractivity contribution in [2.75, 3.05) is 12.3 Å². The molecule has 1 N–H and O–H groups in total. The maximum Gasteiger partial charge on any atom is 0.0186 e. The van der Waals surface area contributed by atoms with Crippen molar-refractivity contribution in [1.82, 2.24) is 5.32 Å². The van der Waals surface area contributed by atoms with Gasteiger partial charge in [0.2, 0.25) is 0 Å². The van der Waals surface area contributed by atoms with Crippen LogP contribution in [0.2, 0.25) is 0 Å². The van der Waals surface area contributed by atoms with E-state index in [2.05, 4.69) is 44.8 Å². The molecule has 1 aliphatic carbocycles. The van der Waals surface area contributed by atoms with E-state index in [9.17, 15) is 0 Å². The van der Waals surface area contributed by atoms with E-state index in [1.807, 2.05) is 0 Å². The summed E-state index contributed by atoms with van der Waals surface area (Å²) in [5.41, 5.74) is 0. The molecule has 0 amide bonds. The lowest BCUT2D eigenvalue weighted by atomic mass is 10.2. The smallest absolute Gasteiger partial charge is 0.0186 e. The standard InChI is InChI=1S/C12H25NS/c1-5-8-13-11(10-6-7-10)9-14-12(2,3)4/h10-11,13H,5-9H2,1-4H3. The lowest BCUT2D eigenvalue weighted by molar-refractivity contribution is 0.502. The first-order chi connectivity index (χ1) is 6.53. The Bertz CT molecular complexity index is 158. The average molecular weight is 215 g/mol. The van der Waals surface area contributed by atoms with Crippen LogP contribution in [-0.4, -0.2) is 23.1 Å². The number of rotatable bonds is 6. The van der Waals surface area contributed by atoms with E-state index >= 15 is 0 Å². The second-order valence-electron chi connectivity index (χ2n) is 5.32. The molecule has 1 saturated carbocycles. The Morgan fingerprint density at radius 2 is 2.00 bits per heavy atom. The lowest BCUT2D eigenvalue weighted by Gasteiger charge is -2.23. The van der Waals surface area contributed by atoms with Crippen molar-refractivity contribution >= 4 is 11.8 Å². The van der Waals surface area contributed by atoms with E-state index in [4.69, 9.17) is 0 Å². The maximum atomic E-state index is 3.68. The summed E-state index contributed by atoms with van der Waals surface area (Å²) in [5.74, 6) is 2.27. The molecule has 1 fully saturated rings. The number of hydrogen-bond donors (Lipinski definition) is 1. The van der Waals surface area contributed by atoms with Crippen LogP contribution in [0.1, 0.15) is 47.0 Å². The maximum absolute atomic E-state index is 3.68. The summed E-state index contributed by atoms with van der Waals surface area (Å²) in [6, 6.07) is 0.777. The molecule has 1 nitrogen and oxygen atoms in total. The van der Waals surface area contributed by atoms with Gasteiger partial charge in [0, 0.05) is 16.5 Å². The fraction of sp³-hybridized carbons (Fsp3) is 1.00. The first-order valence-corrected chi connectivity index (χ1v) is 6.89. The Kier molecular flexibility index (Phi) is 4.78. The van der Waals surface area contributed by atoms with E-state index in [-0.39, 0.29) is 0 Å². The predicted molar refractivity (Wildman–Crippen MR) is 67.0 cm³/mol. The van der Waals surface area contributed by atoms with Crippen LogP contribution in [0.15, 0.2) is 0 Å². The Balaban J connectivity index is 2.21. The van der Waals surface area contributed by atoms with Crippen molar-refractivity contribution in [2.24, 2.45) is 5.92 Å². The summed E-state index contributed by atoms with van der Waals surface area (Å²) in [5, 5.41) is 3.68. The van der Waals surface area contributed by atoms with Crippen LogP contribution >= 0.6 is 11.8 Å². The van der Waals surface area contributed by atoms with Gasteiger partial charge in [-0.15, -0.1) is 0 Å². The van der Waals surface area contributed by atoms with Crippen molar-refractivity contribution in [3.05, 3.63) is 0 Å². The van der Waals surface area contributed by atoms with E-state index < -0.39 is 0 Å². The average Bonchev–Trinajstić information content (AvgIpc) is 2.86. The van der Waals surface area contributed by atoms with Crippen molar-refractivity contribution in [3.8, 4) is 0 Å². The Morgan fingerprint density at radius 3 is 2.43 bits per heavy atom. The first kappa shape index (κ1) is 12.4. The highest BCUT2D eigenvalue weighted by molar-refractivity contribution is 8.00. The summed E-state index contributed by atoms with van der Waals surface area (Å²) >= 11 is 2.10. The molecule has 0 spiro atoms. The number of thioether (sulfide) groups is 1. The highest BCUT2D eigenvalue weighted by Crippen LogP contribution is 2.36. The van der Waals surface area contributed by atoms with E-state index in [1.165, 1.54) is 31.6 Å². The number of nitrogens with one attached hydrogen (secondary N) is 1. The van der Waals surface area contributed by atoms with Crippen molar-refractivity contribution in [1.29, 1.82) is 0 Å². The van der Waals surface area contributed by atoms with Crippen LogP contribution in [0.3, 0.4) is 0 Å². The van der Waals surface area contributed by atoms with Crippen LogP contribution in [0.4, 0.5) is 0 Å². The quantitative estimate of drug-likeness (QED) is 0.729. The molecule has 0 aromatic heterocycles. The van der Waals surface area contributed by atoms with Gasteiger partial charge in [0.05, 0.1) is 0 Å². The van der Waals surface area contributed by atoms with Gasteiger partial charge in [-0.05, 0) is 31.7 Å². The molecule has 0 radical (unpaired) electrons. The molecular formula is C12H25NS. The molecule has 0 saturated heterocycles. The highest BCUT2D eigenvalue weighted by atomic mass is 32.2. The molecule has 0 bridgehead atoms. The normalized spacial score (nSPS) is 19.7. The summed E-state index contributed by atoms with van der Waals surface area (Å²) < 4.78 is 0.418. The van der Waals surface area contributed by atoms with Gasteiger partial charge < -0.3 is 5.32 Å². The molecule has 0 aromatic rings. The van der Waals surface area contributed by atoms with Crippen LogP contribution in [-0.2, 0) is 0 Å². The minimum absolute atomic E-state index is 0.418. The second-order valence-corrected chi connectivity index (χ2v) is 7.17. The molecule has 0 aliphatic heterocycles. The van der Waals surface area contributed by atoms with Gasteiger partial charge in [0.25, 0.3) is 0 Å². The van der Waals surface area contributed by atoms with Gasteiger partial charge in [-0.2, -0.15) is 11.8 Å². The lowest BCUT2D eigenvalue weighted by Crippen LogP contribution is -2.35. The van der Waals surface area contributed by atoms with E-state index in [1.54, 1.807) is 0 Å². The molecule has 0 aromatic carbocycles. The fourth-order valence-electron chi connectivity index (χ4n) is 1.53.